The normalized spacial score (nSPS) is 28.3. The van der Waals surface area contributed by atoms with Gasteiger partial charge in [-0.1, -0.05) is 0 Å². The highest BCUT2D eigenvalue weighted by Crippen LogP contribution is 1.97. The molecule has 1 heterocycles. The van der Waals surface area contributed by atoms with Crippen molar-refractivity contribution in [3.05, 3.63) is 0 Å². The molecule has 1 saturated heterocycles. The molecule has 0 radical (unpaired) electrons. The predicted molar refractivity (Wildman–Crippen MR) is 40.1 cm³/mol. The van der Waals surface area contributed by atoms with E-state index in [1.165, 1.54) is 0 Å². The van der Waals surface area contributed by atoms with Crippen LogP contribution in [0.15, 0.2) is 0 Å². The lowest BCUT2D eigenvalue weighted by Gasteiger charge is -2.04. The zero-order valence-corrected chi connectivity index (χ0v) is 6.54. The zero-order valence-electron chi connectivity index (χ0n) is 5.72. The van der Waals surface area contributed by atoms with E-state index in [-0.39, 0.29) is 12.4 Å². The molecule has 0 aromatic heterocycles. The van der Waals surface area contributed by atoms with Crippen molar-refractivity contribution in [1.29, 1.82) is 0 Å². The second-order valence-corrected chi connectivity index (χ2v) is 2.22. The Morgan fingerprint density at radius 3 is 3.00 bits per heavy atom. The molecule has 1 rings (SSSR count). The van der Waals surface area contributed by atoms with Crippen LogP contribution in [0.2, 0.25) is 0 Å². The highest BCUT2D eigenvalue weighted by atomic mass is 35.5. The van der Waals surface area contributed by atoms with Gasteiger partial charge in [0.15, 0.2) is 0 Å². The molecule has 0 aromatic carbocycles. The summed E-state index contributed by atoms with van der Waals surface area (Å²) >= 11 is 0. The summed E-state index contributed by atoms with van der Waals surface area (Å²) in [5.74, 6) is 0. The van der Waals surface area contributed by atoms with Crippen LogP contribution >= 0.6 is 12.4 Å². The van der Waals surface area contributed by atoms with Crippen LogP contribution in [0.5, 0.6) is 0 Å². The van der Waals surface area contributed by atoms with Gasteiger partial charge in [-0.25, -0.2) is 0 Å². The Hall–Kier alpha value is 0.210. The molecular weight excluding hydrogens is 138 g/mol. The molecule has 1 atom stereocenters. The SMILES string of the molecule is C[C@H]1CCNCCO1.Cl. The van der Waals surface area contributed by atoms with Crippen LogP contribution in [-0.2, 0) is 4.74 Å². The van der Waals surface area contributed by atoms with Gasteiger partial charge in [0.2, 0.25) is 0 Å². The molecule has 0 unspecified atom stereocenters. The highest BCUT2D eigenvalue weighted by molar-refractivity contribution is 5.85. The van der Waals surface area contributed by atoms with E-state index in [1.807, 2.05) is 0 Å². The van der Waals surface area contributed by atoms with Crippen LogP contribution < -0.4 is 5.32 Å². The van der Waals surface area contributed by atoms with Crippen LogP contribution in [0.4, 0.5) is 0 Å². The van der Waals surface area contributed by atoms with Gasteiger partial charge in [0.1, 0.15) is 0 Å². The van der Waals surface area contributed by atoms with Crippen molar-refractivity contribution in [3.63, 3.8) is 0 Å². The Balaban J connectivity index is 0.000000640. The monoisotopic (exact) mass is 151 g/mol. The van der Waals surface area contributed by atoms with Crippen molar-refractivity contribution >= 4 is 12.4 Å². The Bertz CT molecular complexity index is 62.1. The van der Waals surface area contributed by atoms with Gasteiger partial charge < -0.3 is 10.1 Å². The fraction of sp³-hybridized carbons (Fsp3) is 1.00. The third kappa shape index (κ3) is 3.73. The number of rotatable bonds is 0. The highest BCUT2D eigenvalue weighted by Gasteiger charge is 2.04. The number of halogens is 1. The van der Waals surface area contributed by atoms with Crippen molar-refractivity contribution in [2.24, 2.45) is 0 Å². The summed E-state index contributed by atoms with van der Waals surface area (Å²) in [6.07, 6.45) is 1.62. The molecular formula is C6H14ClNO. The number of hydrogen-bond donors (Lipinski definition) is 1. The molecule has 0 aliphatic carbocycles. The summed E-state index contributed by atoms with van der Waals surface area (Å²) in [5.41, 5.74) is 0. The summed E-state index contributed by atoms with van der Waals surface area (Å²) < 4.78 is 5.34. The Kier molecular flexibility index (Phi) is 5.15. The van der Waals surface area contributed by atoms with Crippen molar-refractivity contribution in [2.45, 2.75) is 19.4 Å². The molecule has 0 saturated carbocycles. The third-order valence-corrected chi connectivity index (χ3v) is 1.41. The summed E-state index contributed by atoms with van der Waals surface area (Å²) in [4.78, 5) is 0. The Morgan fingerprint density at radius 2 is 2.22 bits per heavy atom. The van der Waals surface area contributed by atoms with Gasteiger partial charge in [-0.3, -0.25) is 0 Å². The standard InChI is InChI=1S/C6H13NO.ClH/c1-6-2-3-7-4-5-8-6;/h6-7H,2-5H2,1H3;1H/t6-;/m0./s1. The molecule has 56 valence electrons. The van der Waals surface area contributed by atoms with Gasteiger partial charge in [0, 0.05) is 6.54 Å². The first-order chi connectivity index (χ1) is 3.89. The predicted octanol–water partition coefficient (Wildman–Crippen LogP) is 0.807. The largest absolute Gasteiger partial charge is 0.377 e. The smallest absolute Gasteiger partial charge is 0.0594 e. The number of hydrogen-bond acceptors (Lipinski definition) is 2. The molecule has 1 fully saturated rings. The molecule has 0 amide bonds. The van der Waals surface area contributed by atoms with Crippen LogP contribution in [0, 0.1) is 0 Å². The summed E-state index contributed by atoms with van der Waals surface area (Å²) in [6, 6.07) is 0. The molecule has 1 aliphatic rings. The topological polar surface area (TPSA) is 21.3 Å². The first-order valence-electron chi connectivity index (χ1n) is 3.22. The second kappa shape index (κ2) is 5.03. The van der Waals surface area contributed by atoms with E-state index in [4.69, 9.17) is 4.74 Å². The first kappa shape index (κ1) is 9.21. The average Bonchev–Trinajstić information content (AvgIpc) is 1.94. The van der Waals surface area contributed by atoms with Gasteiger partial charge >= 0.3 is 0 Å². The number of ether oxygens (including phenoxy) is 1. The van der Waals surface area contributed by atoms with Crippen LogP contribution in [-0.4, -0.2) is 25.8 Å². The minimum absolute atomic E-state index is 0. The molecule has 9 heavy (non-hydrogen) atoms. The van der Waals surface area contributed by atoms with E-state index >= 15 is 0 Å². The zero-order chi connectivity index (χ0) is 5.82. The van der Waals surface area contributed by atoms with Gasteiger partial charge in [0.25, 0.3) is 0 Å². The summed E-state index contributed by atoms with van der Waals surface area (Å²) in [6.45, 7) is 5.12. The van der Waals surface area contributed by atoms with Gasteiger partial charge in [-0.15, -0.1) is 12.4 Å². The maximum atomic E-state index is 5.34. The van der Waals surface area contributed by atoms with E-state index in [1.54, 1.807) is 0 Å². The molecule has 1 aliphatic heterocycles. The maximum Gasteiger partial charge on any atom is 0.0594 e. The lowest BCUT2D eigenvalue weighted by atomic mass is 10.3. The van der Waals surface area contributed by atoms with Crippen molar-refractivity contribution in [3.8, 4) is 0 Å². The van der Waals surface area contributed by atoms with Crippen molar-refractivity contribution < 1.29 is 4.74 Å². The average molecular weight is 152 g/mol. The van der Waals surface area contributed by atoms with E-state index in [0.717, 1.165) is 26.1 Å². The maximum absolute atomic E-state index is 5.34. The van der Waals surface area contributed by atoms with Crippen LogP contribution in [0.25, 0.3) is 0 Å². The lowest BCUT2D eigenvalue weighted by molar-refractivity contribution is 0.0783. The summed E-state index contributed by atoms with van der Waals surface area (Å²) in [5, 5.41) is 3.25. The first-order valence-corrected chi connectivity index (χ1v) is 3.22. The fourth-order valence-electron chi connectivity index (χ4n) is 0.846. The third-order valence-electron chi connectivity index (χ3n) is 1.41. The Labute approximate surface area is 62.4 Å². The van der Waals surface area contributed by atoms with Gasteiger partial charge in [0.05, 0.1) is 12.7 Å². The number of nitrogens with one attached hydrogen (secondary N) is 1. The molecule has 0 aromatic rings. The van der Waals surface area contributed by atoms with Crippen molar-refractivity contribution in [2.75, 3.05) is 19.7 Å². The second-order valence-electron chi connectivity index (χ2n) is 2.22. The van der Waals surface area contributed by atoms with Crippen LogP contribution in [0.3, 0.4) is 0 Å². The Morgan fingerprint density at radius 1 is 1.44 bits per heavy atom. The van der Waals surface area contributed by atoms with E-state index in [9.17, 15) is 0 Å². The minimum Gasteiger partial charge on any atom is -0.377 e. The molecule has 1 N–H and O–H groups in total. The van der Waals surface area contributed by atoms with E-state index in [2.05, 4.69) is 12.2 Å². The van der Waals surface area contributed by atoms with E-state index < -0.39 is 0 Å². The lowest BCUT2D eigenvalue weighted by Crippen LogP contribution is -2.16. The summed E-state index contributed by atoms with van der Waals surface area (Å²) in [7, 11) is 0. The molecule has 0 spiro atoms. The van der Waals surface area contributed by atoms with Gasteiger partial charge in [-0.2, -0.15) is 0 Å². The quantitative estimate of drug-likeness (QED) is 0.553. The molecule has 2 nitrogen and oxygen atoms in total. The minimum atomic E-state index is 0. The molecule has 0 bridgehead atoms. The van der Waals surface area contributed by atoms with Crippen molar-refractivity contribution in [1.82, 2.24) is 5.32 Å². The van der Waals surface area contributed by atoms with Gasteiger partial charge in [-0.05, 0) is 19.9 Å². The van der Waals surface area contributed by atoms with E-state index in [0.29, 0.717) is 6.10 Å². The van der Waals surface area contributed by atoms with Crippen LogP contribution in [0.1, 0.15) is 13.3 Å². The molecule has 3 heteroatoms. The fourth-order valence-corrected chi connectivity index (χ4v) is 0.846.